The second-order valence-electron chi connectivity index (χ2n) is 11.8. The summed E-state index contributed by atoms with van der Waals surface area (Å²) in [6.07, 6.45) is 4.42. The van der Waals surface area contributed by atoms with Crippen LogP contribution in [-0.2, 0) is 16.1 Å². The van der Waals surface area contributed by atoms with E-state index in [1.807, 2.05) is 52.2 Å². The van der Waals surface area contributed by atoms with Crippen LogP contribution in [0.2, 0.25) is 0 Å². The molecule has 4 aliphatic rings. The van der Waals surface area contributed by atoms with Crippen LogP contribution in [0.25, 0.3) is 0 Å². The van der Waals surface area contributed by atoms with Crippen molar-refractivity contribution >= 4 is 35.5 Å². The summed E-state index contributed by atoms with van der Waals surface area (Å²) < 4.78 is 0. The van der Waals surface area contributed by atoms with Gasteiger partial charge in [0.25, 0.3) is 5.91 Å². The van der Waals surface area contributed by atoms with Gasteiger partial charge in [0.15, 0.2) is 0 Å². The molecular weight excluding hydrogens is 544 g/mol. The lowest BCUT2D eigenvalue weighted by Gasteiger charge is -2.63. The van der Waals surface area contributed by atoms with Crippen LogP contribution < -0.4 is 15.1 Å². The van der Waals surface area contributed by atoms with Crippen LogP contribution in [0.5, 0.6) is 0 Å². The smallest absolute Gasteiger partial charge is 0.255 e. The average Bonchev–Trinajstić information content (AvgIpc) is 3.34. The standard InChI is InChI=1S/C29H33N5O4.C2H7N.C2H6/c35-14-2-3-24(16-36)34-15-26-25(28(34)37)4-1-5-27(26)31-12-10-23(11-13-31)33-19-29(20-33)17-32(18-29)22-8-6-21(30-38)7-9-22;1-3-2;1-2/h1,4-9,14,16,23-24H,2-3,10-13,15,17-20H2;3H,1-2H3;1-2H3. The molecule has 232 valence electrons. The molecule has 3 fully saturated rings. The lowest BCUT2D eigenvalue weighted by atomic mass is 9.71. The Morgan fingerprint density at radius 3 is 2.21 bits per heavy atom. The van der Waals surface area contributed by atoms with Crippen LogP contribution in [-0.4, -0.2) is 93.7 Å². The van der Waals surface area contributed by atoms with Gasteiger partial charge in [0.1, 0.15) is 18.3 Å². The summed E-state index contributed by atoms with van der Waals surface area (Å²) in [4.78, 5) is 55.2. The van der Waals surface area contributed by atoms with Crippen molar-refractivity contribution in [3.8, 4) is 0 Å². The topological polar surface area (TPSA) is 106 Å². The lowest BCUT2D eigenvalue weighted by Crippen LogP contribution is -2.74. The van der Waals surface area contributed by atoms with E-state index in [1.165, 1.54) is 0 Å². The fourth-order valence-corrected chi connectivity index (χ4v) is 6.85. The van der Waals surface area contributed by atoms with Gasteiger partial charge in [-0.05, 0) is 74.9 Å². The lowest BCUT2D eigenvalue weighted by molar-refractivity contribution is -0.112. The van der Waals surface area contributed by atoms with Gasteiger partial charge in [-0.15, -0.1) is 4.91 Å². The minimum Gasteiger partial charge on any atom is -0.371 e. The molecule has 0 aliphatic carbocycles. The van der Waals surface area contributed by atoms with Crippen LogP contribution >= 0.6 is 0 Å². The molecule has 1 N–H and O–H groups in total. The SMILES string of the molecule is CC.CNC.O=CCCC(C=O)N1Cc2c(cccc2N2CCC(N3CC4(CN(c5ccc(N=O)cc5)C4)C3)CC2)C1=O. The number of benzene rings is 2. The molecule has 43 heavy (non-hydrogen) atoms. The fraction of sp³-hybridized carbons (Fsp3) is 0.545. The van der Waals surface area contributed by atoms with Gasteiger partial charge < -0.3 is 29.6 Å². The molecule has 1 atom stereocenters. The number of rotatable bonds is 9. The second kappa shape index (κ2) is 14.7. The number of carbonyl (C=O) groups is 3. The van der Waals surface area contributed by atoms with Gasteiger partial charge in [0.05, 0.1) is 6.04 Å². The Morgan fingerprint density at radius 1 is 0.977 bits per heavy atom. The number of piperidine rings is 1. The molecule has 0 bridgehead atoms. The molecule has 0 saturated carbocycles. The van der Waals surface area contributed by atoms with Crippen molar-refractivity contribution < 1.29 is 14.4 Å². The highest BCUT2D eigenvalue weighted by Crippen LogP contribution is 2.44. The van der Waals surface area contributed by atoms with Gasteiger partial charge in [-0.2, -0.15) is 0 Å². The predicted molar refractivity (Wildman–Crippen MR) is 171 cm³/mol. The summed E-state index contributed by atoms with van der Waals surface area (Å²) in [6, 6.07) is 13.4. The Kier molecular flexibility index (Phi) is 11.0. The predicted octanol–water partition coefficient (Wildman–Crippen LogP) is 4.24. The highest BCUT2D eigenvalue weighted by atomic mass is 16.3. The third-order valence-corrected chi connectivity index (χ3v) is 8.88. The molecule has 2 aromatic carbocycles. The van der Waals surface area contributed by atoms with Crippen molar-refractivity contribution in [1.29, 1.82) is 0 Å². The minimum atomic E-state index is -0.562. The molecule has 10 heteroatoms. The third kappa shape index (κ3) is 6.80. The van der Waals surface area contributed by atoms with Crippen molar-refractivity contribution in [2.75, 3.05) is 63.2 Å². The first-order chi connectivity index (χ1) is 21.0. The van der Waals surface area contributed by atoms with E-state index in [0.717, 1.165) is 81.6 Å². The fourth-order valence-electron chi connectivity index (χ4n) is 6.85. The van der Waals surface area contributed by atoms with Gasteiger partial charge in [0.2, 0.25) is 0 Å². The number of carbonyl (C=O) groups excluding carboxylic acids is 3. The molecule has 1 amide bonds. The van der Waals surface area contributed by atoms with Crippen LogP contribution in [0.1, 0.15) is 55.5 Å². The first kappa shape index (κ1) is 32.3. The average molecular weight is 591 g/mol. The largest absolute Gasteiger partial charge is 0.371 e. The van der Waals surface area contributed by atoms with Crippen LogP contribution in [0.15, 0.2) is 47.6 Å². The molecule has 4 heterocycles. The Bertz CT molecular complexity index is 1250. The number of aldehydes is 2. The zero-order chi connectivity index (χ0) is 31.0. The van der Waals surface area contributed by atoms with E-state index in [2.05, 4.69) is 31.3 Å². The van der Waals surface area contributed by atoms with Crippen molar-refractivity contribution in [3.05, 3.63) is 58.5 Å². The molecule has 4 aliphatic heterocycles. The van der Waals surface area contributed by atoms with E-state index in [1.54, 1.807) is 17.0 Å². The molecule has 3 saturated heterocycles. The molecule has 6 rings (SSSR count). The molecular formula is C33H46N6O4. The maximum Gasteiger partial charge on any atom is 0.255 e. The monoisotopic (exact) mass is 590 g/mol. The Morgan fingerprint density at radius 2 is 1.63 bits per heavy atom. The van der Waals surface area contributed by atoms with Crippen molar-refractivity contribution in [1.82, 2.24) is 15.1 Å². The summed E-state index contributed by atoms with van der Waals surface area (Å²) in [5.41, 5.74) is 4.80. The Labute approximate surface area is 255 Å². The molecule has 2 aromatic rings. The number of nitrogens with zero attached hydrogens (tertiary/aromatic N) is 5. The quantitative estimate of drug-likeness (QED) is 0.342. The van der Waals surface area contributed by atoms with Gasteiger partial charge in [-0.3, -0.25) is 9.69 Å². The highest BCUT2D eigenvalue weighted by Gasteiger charge is 2.53. The van der Waals surface area contributed by atoms with E-state index in [0.29, 0.717) is 35.7 Å². The number of amides is 1. The number of anilines is 2. The van der Waals surface area contributed by atoms with Gasteiger partial charge in [0, 0.05) is 86.2 Å². The summed E-state index contributed by atoms with van der Waals surface area (Å²) >= 11 is 0. The van der Waals surface area contributed by atoms with Crippen molar-refractivity contribution in [3.63, 3.8) is 0 Å². The van der Waals surface area contributed by atoms with E-state index in [-0.39, 0.29) is 12.3 Å². The normalized spacial score (nSPS) is 19.6. The van der Waals surface area contributed by atoms with Gasteiger partial charge in [-0.25, -0.2) is 0 Å². The van der Waals surface area contributed by atoms with Gasteiger partial charge in [-0.1, -0.05) is 19.9 Å². The number of hydrogen-bond donors (Lipinski definition) is 1. The number of nitroso groups, excluding NO2 is 1. The van der Waals surface area contributed by atoms with Crippen LogP contribution in [0, 0.1) is 10.3 Å². The van der Waals surface area contributed by atoms with Gasteiger partial charge >= 0.3 is 0 Å². The van der Waals surface area contributed by atoms with Crippen LogP contribution in [0.4, 0.5) is 17.1 Å². The maximum absolute atomic E-state index is 13.1. The minimum absolute atomic E-state index is 0.114. The summed E-state index contributed by atoms with van der Waals surface area (Å²) in [5, 5.41) is 5.73. The number of hydrogen-bond acceptors (Lipinski definition) is 9. The first-order valence-corrected chi connectivity index (χ1v) is 15.5. The summed E-state index contributed by atoms with van der Waals surface area (Å²) in [6.45, 7) is 10.7. The zero-order valence-electron chi connectivity index (χ0n) is 26.0. The summed E-state index contributed by atoms with van der Waals surface area (Å²) in [5.74, 6) is -0.114. The van der Waals surface area contributed by atoms with Crippen molar-refractivity contribution in [2.45, 2.75) is 58.2 Å². The third-order valence-electron chi connectivity index (χ3n) is 8.88. The molecule has 0 aromatic heterocycles. The molecule has 1 spiro atoms. The summed E-state index contributed by atoms with van der Waals surface area (Å²) in [7, 11) is 3.75. The second-order valence-corrected chi connectivity index (χ2v) is 11.8. The zero-order valence-corrected chi connectivity index (χ0v) is 26.0. The Balaban J connectivity index is 0.000000798. The number of likely N-dealkylation sites (tertiary alicyclic amines) is 1. The maximum atomic E-state index is 13.1. The first-order valence-electron chi connectivity index (χ1n) is 15.5. The molecule has 0 radical (unpaired) electrons. The molecule has 10 nitrogen and oxygen atoms in total. The van der Waals surface area contributed by atoms with E-state index < -0.39 is 6.04 Å². The van der Waals surface area contributed by atoms with E-state index in [9.17, 15) is 19.3 Å². The van der Waals surface area contributed by atoms with E-state index in [4.69, 9.17) is 0 Å². The molecule has 1 unspecified atom stereocenters. The van der Waals surface area contributed by atoms with E-state index >= 15 is 0 Å². The van der Waals surface area contributed by atoms with Crippen LogP contribution in [0.3, 0.4) is 0 Å². The Hall–Kier alpha value is -3.63. The van der Waals surface area contributed by atoms with Crippen molar-refractivity contribution in [2.24, 2.45) is 10.6 Å². The number of fused-ring (bicyclic) bond motifs is 1. The number of nitrogens with one attached hydrogen (secondary N) is 1. The highest BCUT2D eigenvalue weighted by molar-refractivity contribution is 6.01.